The van der Waals surface area contributed by atoms with Crippen LogP contribution in [0.5, 0.6) is 5.75 Å². The molecule has 0 saturated carbocycles. The van der Waals surface area contributed by atoms with Gasteiger partial charge in [-0.05, 0) is 12.1 Å². The second-order valence-corrected chi connectivity index (χ2v) is 3.98. The summed E-state index contributed by atoms with van der Waals surface area (Å²) in [6.07, 6.45) is 0.783. The van der Waals surface area contributed by atoms with E-state index in [9.17, 15) is 9.90 Å². The lowest BCUT2D eigenvalue weighted by Gasteiger charge is -1.97. The molecule has 0 fully saturated rings. The summed E-state index contributed by atoms with van der Waals surface area (Å²) >= 11 is 5.55. The summed E-state index contributed by atoms with van der Waals surface area (Å²) in [7, 11) is 0. The van der Waals surface area contributed by atoms with E-state index in [4.69, 9.17) is 0 Å². The minimum absolute atomic E-state index is 0.189. The summed E-state index contributed by atoms with van der Waals surface area (Å²) in [5.74, 6) is 0.189. The Balaban J connectivity index is 2.95. The van der Waals surface area contributed by atoms with Crippen LogP contribution < -0.4 is 0 Å². The summed E-state index contributed by atoms with van der Waals surface area (Å²) < 4.78 is 0.792. The van der Waals surface area contributed by atoms with E-state index in [2.05, 4.69) is 12.6 Å². The van der Waals surface area contributed by atoms with E-state index < -0.39 is 0 Å². The standard InChI is InChI=1S/C9H6O2S2/c10-3-5-1-2-7(12)8-6(11)4-13-9(5)8/h1-4,11-12H. The monoisotopic (exact) mass is 210 g/mol. The van der Waals surface area contributed by atoms with Crippen LogP contribution in [0.2, 0.25) is 0 Å². The average molecular weight is 210 g/mol. The predicted octanol–water partition coefficient (Wildman–Crippen LogP) is 2.71. The minimum Gasteiger partial charge on any atom is -0.506 e. The van der Waals surface area contributed by atoms with Crippen molar-refractivity contribution in [2.45, 2.75) is 4.90 Å². The first kappa shape index (κ1) is 8.59. The van der Waals surface area contributed by atoms with Gasteiger partial charge in [0, 0.05) is 25.9 Å². The van der Waals surface area contributed by atoms with Crippen LogP contribution in [0, 0.1) is 0 Å². The molecule has 0 aliphatic rings. The predicted molar refractivity (Wildman–Crippen MR) is 56.1 cm³/mol. The Morgan fingerprint density at radius 3 is 2.92 bits per heavy atom. The highest BCUT2D eigenvalue weighted by Gasteiger charge is 2.09. The van der Waals surface area contributed by atoms with E-state index >= 15 is 0 Å². The zero-order valence-corrected chi connectivity index (χ0v) is 8.23. The highest BCUT2D eigenvalue weighted by Crippen LogP contribution is 2.37. The second-order valence-electron chi connectivity index (χ2n) is 2.62. The van der Waals surface area contributed by atoms with Crippen molar-refractivity contribution in [1.82, 2.24) is 0 Å². The molecular weight excluding hydrogens is 204 g/mol. The van der Waals surface area contributed by atoms with Crippen molar-refractivity contribution in [2.24, 2.45) is 0 Å². The molecule has 0 atom stereocenters. The fourth-order valence-corrected chi connectivity index (χ4v) is 2.54. The average Bonchev–Trinajstić information content (AvgIpc) is 2.50. The van der Waals surface area contributed by atoms with Gasteiger partial charge in [0.15, 0.2) is 6.29 Å². The van der Waals surface area contributed by atoms with E-state index in [1.807, 2.05) is 0 Å². The molecule has 1 N–H and O–H groups in total. The molecule has 0 bridgehead atoms. The molecule has 1 heterocycles. The van der Waals surface area contributed by atoms with E-state index in [1.54, 1.807) is 17.5 Å². The van der Waals surface area contributed by atoms with Crippen molar-refractivity contribution in [1.29, 1.82) is 0 Å². The first-order valence-electron chi connectivity index (χ1n) is 3.61. The Bertz CT molecular complexity index is 474. The van der Waals surface area contributed by atoms with Crippen LogP contribution in [0.25, 0.3) is 10.1 Å². The molecule has 0 saturated heterocycles. The Morgan fingerprint density at radius 1 is 1.46 bits per heavy atom. The van der Waals surface area contributed by atoms with Crippen molar-refractivity contribution in [3.63, 3.8) is 0 Å². The lowest BCUT2D eigenvalue weighted by molar-refractivity contribution is 0.112. The highest BCUT2D eigenvalue weighted by atomic mass is 32.1. The van der Waals surface area contributed by atoms with Crippen molar-refractivity contribution in [3.05, 3.63) is 23.1 Å². The molecular formula is C9H6O2S2. The number of aldehydes is 1. The smallest absolute Gasteiger partial charge is 0.151 e. The zero-order chi connectivity index (χ0) is 9.42. The Kier molecular flexibility index (Phi) is 2.01. The number of thiol groups is 1. The molecule has 0 spiro atoms. The Morgan fingerprint density at radius 2 is 2.23 bits per heavy atom. The van der Waals surface area contributed by atoms with E-state index in [1.165, 1.54) is 11.3 Å². The van der Waals surface area contributed by atoms with Gasteiger partial charge in [0.05, 0.1) is 0 Å². The van der Waals surface area contributed by atoms with Gasteiger partial charge in [0.2, 0.25) is 0 Å². The maximum atomic E-state index is 10.6. The van der Waals surface area contributed by atoms with Crippen molar-refractivity contribution >= 4 is 40.3 Å². The fourth-order valence-electron chi connectivity index (χ4n) is 1.23. The molecule has 1 aromatic carbocycles. The summed E-state index contributed by atoms with van der Waals surface area (Å²) in [5.41, 5.74) is 0.595. The molecule has 4 heteroatoms. The van der Waals surface area contributed by atoms with Crippen LogP contribution in [-0.4, -0.2) is 11.4 Å². The molecule has 1 aromatic heterocycles. The maximum absolute atomic E-state index is 10.6. The number of thiophene rings is 1. The SMILES string of the molecule is O=Cc1ccc(S)c2c(O)csc12. The quantitative estimate of drug-likeness (QED) is 0.561. The van der Waals surface area contributed by atoms with Crippen molar-refractivity contribution in [3.8, 4) is 5.75 Å². The number of rotatable bonds is 1. The third-order valence-electron chi connectivity index (χ3n) is 1.84. The third-order valence-corrected chi connectivity index (χ3v) is 3.23. The van der Waals surface area contributed by atoms with Crippen molar-refractivity contribution < 1.29 is 9.90 Å². The molecule has 0 radical (unpaired) electrons. The van der Waals surface area contributed by atoms with Crippen LogP contribution in [0.1, 0.15) is 10.4 Å². The topological polar surface area (TPSA) is 37.3 Å². The van der Waals surface area contributed by atoms with Gasteiger partial charge in [-0.2, -0.15) is 0 Å². The summed E-state index contributed by atoms with van der Waals surface area (Å²) in [4.78, 5) is 11.3. The van der Waals surface area contributed by atoms with Gasteiger partial charge in [-0.25, -0.2) is 0 Å². The molecule has 0 aliphatic carbocycles. The Hall–Kier alpha value is -1.00. The van der Waals surface area contributed by atoms with Gasteiger partial charge >= 0.3 is 0 Å². The second kappa shape index (κ2) is 3.05. The summed E-state index contributed by atoms with van der Waals surface area (Å²) in [6.45, 7) is 0. The van der Waals surface area contributed by atoms with E-state index in [0.29, 0.717) is 15.8 Å². The van der Waals surface area contributed by atoms with E-state index in [0.717, 1.165) is 11.0 Å². The Labute approximate surface area is 84.2 Å². The number of carbonyl (C=O) groups excluding carboxylic acids is 1. The fraction of sp³-hybridized carbons (Fsp3) is 0. The lowest BCUT2D eigenvalue weighted by atomic mass is 10.2. The molecule has 0 unspecified atom stereocenters. The molecule has 2 aromatic rings. The van der Waals surface area contributed by atoms with Gasteiger partial charge in [-0.1, -0.05) is 0 Å². The summed E-state index contributed by atoms with van der Waals surface area (Å²) in [5, 5.41) is 11.7. The van der Waals surface area contributed by atoms with E-state index in [-0.39, 0.29) is 5.75 Å². The largest absolute Gasteiger partial charge is 0.506 e. The highest BCUT2D eigenvalue weighted by molar-refractivity contribution is 7.80. The third kappa shape index (κ3) is 1.22. The molecule has 13 heavy (non-hydrogen) atoms. The van der Waals surface area contributed by atoms with Crippen LogP contribution >= 0.6 is 24.0 Å². The summed E-state index contributed by atoms with van der Waals surface area (Å²) in [6, 6.07) is 3.41. The van der Waals surface area contributed by atoms with Gasteiger partial charge in [0.1, 0.15) is 5.75 Å². The van der Waals surface area contributed by atoms with Crippen LogP contribution in [0.3, 0.4) is 0 Å². The number of hydrogen-bond donors (Lipinski definition) is 2. The van der Waals surface area contributed by atoms with Gasteiger partial charge in [-0.15, -0.1) is 24.0 Å². The van der Waals surface area contributed by atoms with Crippen LogP contribution in [0.4, 0.5) is 0 Å². The lowest BCUT2D eigenvalue weighted by Crippen LogP contribution is -1.79. The zero-order valence-electron chi connectivity index (χ0n) is 6.52. The maximum Gasteiger partial charge on any atom is 0.151 e. The molecule has 2 nitrogen and oxygen atoms in total. The first-order chi connectivity index (χ1) is 6.24. The van der Waals surface area contributed by atoms with Gasteiger partial charge in [-0.3, -0.25) is 4.79 Å². The molecule has 0 amide bonds. The molecule has 2 rings (SSSR count). The number of aromatic hydroxyl groups is 1. The number of benzene rings is 1. The molecule has 0 aliphatic heterocycles. The van der Waals surface area contributed by atoms with Crippen molar-refractivity contribution in [2.75, 3.05) is 0 Å². The molecule has 66 valence electrons. The van der Waals surface area contributed by atoms with Crippen LogP contribution in [0.15, 0.2) is 22.4 Å². The van der Waals surface area contributed by atoms with Gasteiger partial charge in [0.25, 0.3) is 0 Å². The van der Waals surface area contributed by atoms with Crippen LogP contribution in [-0.2, 0) is 0 Å². The van der Waals surface area contributed by atoms with Gasteiger partial charge < -0.3 is 5.11 Å². The number of hydrogen-bond acceptors (Lipinski definition) is 4. The number of fused-ring (bicyclic) bond motifs is 1. The normalized spacial score (nSPS) is 10.5. The first-order valence-corrected chi connectivity index (χ1v) is 4.94. The minimum atomic E-state index is 0.189. The number of carbonyl (C=O) groups is 1.